The molecule has 0 aromatic rings. The fourth-order valence-electron chi connectivity index (χ4n) is 0.850. The van der Waals surface area contributed by atoms with Crippen molar-refractivity contribution in [2.45, 2.75) is 32.4 Å². The van der Waals surface area contributed by atoms with E-state index in [2.05, 4.69) is 39.1 Å². The van der Waals surface area contributed by atoms with Crippen LogP contribution in [0.15, 0.2) is 0 Å². The number of hydrogen-bond donors (Lipinski definition) is 0. The van der Waals surface area contributed by atoms with E-state index < -0.39 is 8.96 Å². The minimum absolute atomic E-state index is 0.536. The Labute approximate surface area is 60.7 Å². The van der Waals surface area contributed by atoms with Crippen LogP contribution in [0.25, 0.3) is 0 Å². The maximum absolute atomic E-state index is 2.41. The van der Waals surface area contributed by atoms with Crippen LogP contribution in [-0.2, 0) is 0 Å². The van der Waals surface area contributed by atoms with Gasteiger partial charge in [-0.1, -0.05) is 26.8 Å². The summed E-state index contributed by atoms with van der Waals surface area (Å²) in [5.74, 6) is 0. The van der Waals surface area contributed by atoms with Crippen LogP contribution < -0.4 is 0 Å². The molecule has 0 saturated heterocycles. The molecule has 0 rings (SSSR count). The normalized spacial score (nSPS) is 18.0. The highest BCUT2D eigenvalue weighted by atomic mass is 28.3. The third-order valence-electron chi connectivity index (χ3n) is 2.28. The van der Waals surface area contributed by atoms with Crippen LogP contribution in [0, 0.1) is 0 Å². The predicted octanol–water partition coefficient (Wildman–Crippen LogP) is 1.70. The average Bonchev–Trinajstić information content (AvgIpc) is 1.84. The Bertz CT molecular complexity index is 73.3. The van der Waals surface area contributed by atoms with Crippen molar-refractivity contribution < 1.29 is 0 Å². The van der Waals surface area contributed by atoms with Gasteiger partial charge in [0.25, 0.3) is 0 Å². The van der Waals surface area contributed by atoms with E-state index in [1.165, 1.54) is 6.42 Å². The summed E-state index contributed by atoms with van der Waals surface area (Å²) >= 11 is 0. The highest BCUT2D eigenvalue weighted by Gasteiger charge is 2.13. The van der Waals surface area contributed by atoms with E-state index in [-0.39, 0.29) is 0 Å². The first kappa shape index (κ1) is 9.18. The number of rotatable bonds is 3. The van der Waals surface area contributed by atoms with Crippen molar-refractivity contribution in [1.29, 1.82) is 0 Å². The van der Waals surface area contributed by atoms with Crippen LogP contribution in [0.4, 0.5) is 0 Å². The first-order chi connectivity index (χ1) is 4.09. The van der Waals surface area contributed by atoms with Crippen LogP contribution in [0.3, 0.4) is 0 Å². The van der Waals surface area contributed by atoms with E-state index in [1.807, 2.05) is 0 Å². The van der Waals surface area contributed by atoms with Crippen molar-refractivity contribution in [3.63, 3.8) is 0 Å². The van der Waals surface area contributed by atoms with Crippen molar-refractivity contribution in [2.24, 2.45) is 0 Å². The third-order valence-corrected chi connectivity index (χ3v) is 6.03. The molecule has 0 aliphatic rings. The van der Waals surface area contributed by atoms with Gasteiger partial charge in [0.05, 0.1) is 0 Å². The van der Waals surface area contributed by atoms with E-state index in [4.69, 9.17) is 0 Å². The van der Waals surface area contributed by atoms with Crippen LogP contribution >= 0.6 is 0 Å². The van der Waals surface area contributed by atoms with Crippen molar-refractivity contribution >= 4 is 8.96 Å². The second-order valence-electron chi connectivity index (χ2n) is 3.09. The van der Waals surface area contributed by atoms with Crippen LogP contribution in [-0.4, -0.2) is 27.6 Å². The minimum atomic E-state index is -0.536. The maximum Gasteiger partial charge on any atom is 0.111 e. The maximum atomic E-state index is 2.41. The summed E-state index contributed by atoms with van der Waals surface area (Å²) in [5.41, 5.74) is 0.958. The molecule has 0 heterocycles. The van der Waals surface area contributed by atoms with Gasteiger partial charge in [-0.2, -0.15) is 0 Å². The van der Waals surface area contributed by atoms with Gasteiger partial charge in [-0.3, -0.25) is 0 Å². The van der Waals surface area contributed by atoms with Crippen LogP contribution in [0.5, 0.6) is 0 Å². The molecule has 2 atom stereocenters. The molecule has 1 nitrogen and oxygen atoms in total. The van der Waals surface area contributed by atoms with Crippen molar-refractivity contribution in [3.8, 4) is 0 Å². The highest BCUT2D eigenvalue weighted by Crippen LogP contribution is 2.13. The Hall–Kier alpha value is 0.177. The van der Waals surface area contributed by atoms with Gasteiger partial charge in [0.1, 0.15) is 8.96 Å². The molecule has 0 N–H and O–H groups in total. The zero-order valence-corrected chi connectivity index (χ0v) is 8.46. The Morgan fingerprint density at radius 1 is 1.44 bits per heavy atom. The minimum Gasteiger partial charge on any atom is -0.331 e. The molecule has 0 amide bonds. The van der Waals surface area contributed by atoms with E-state index in [1.54, 1.807) is 0 Å². The van der Waals surface area contributed by atoms with E-state index in [0.717, 1.165) is 5.54 Å². The summed E-state index contributed by atoms with van der Waals surface area (Å²) in [5, 5.41) is 0. The largest absolute Gasteiger partial charge is 0.331 e. The highest BCUT2D eigenvalue weighted by molar-refractivity contribution is 6.55. The summed E-state index contributed by atoms with van der Waals surface area (Å²) in [6.45, 7) is 7.04. The first-order valence-electron chi connectivity index (χ1n) is 3.76. The molecule has 56 valence electrons. The second kappa shape index (κ2) is 4.07. The lowest BCUT2D eigenvalue weighted by Crippen LogP contribution is -2.32. The molecular formula is C7H19NSi. The van der Waals surface area contributed by atoms with E-state index >= 15 is 0 Å². The fraction of sp³-hybridized carbons (Fsp3) is 1.00. The molecule has 9 heavy (non-hydrogen) atoms. The molecule has 0 radical (unpaired) electrons. The second-order valence-corrected chi connectivity index (χ2v) is 6.74. The topological polar surface area (TPSA) is 3.24 Å². The fourth-order valence-corrected chi connectivity index (χ4v) is 2.55. The van der Waals surface area contributed by atoms with Crippen LogP contribution in [0.1, 0.15) is 20.3 Å². The van der Waals surface area contributed by atoms with Gasteiger partial charge in [-0.15, -0.1) is 0 Å². The smallest absolute Gasteiger partial charge is 0.111 e. The zero-order chi connectivity index (χ0) is 7.44. The summed E-state index contributed by atoms with van der Waals surface area (Å²) in [6.07, 6.45) is 1.34. The molecular weight excluding hydrogens is 126 g/mol. The lowest BCUT2D eigenvalue weighted by molar-refractivity contribution is 0.614. The lowest BCUT2D eigenvalue weighted by Gasteiger charge is -2.23. The van der Waals surface area contributed by atoms with Gasteiger partial charge in [0.15, 0.2) is 0 Å². The van der Waals surface area contributed by atoms with Gasteiger partial charge in [-0.25, -0.2) is 0 Å². The van der Waals surface area contributed by atoms with Gasteiger partial charge < -0.3 is 4.57 Å². The molecule has 2 unspecified atom stereocenters. The molecule has 0 aliphatic heterocycles. The van der Waals surface area contributed by atoms with E-state index in [9.17, 15) is 0 Å². The molecule has 0 aliphatic carbocycles. The zero-order valence-electron chi connectivity index (χ0n) is 7.31. The van der Waals surface area contributed by atoms with Crippen molar-refractivity contribution in [3.05, 3.63) is 0 Å². The van der Waals surface area contributed by atoms with Gasteiger partial charge in [0.2, 0.25) is 0 Å². The molecule has 0 saturated carbocycles. The number of hydrogen-bond acceptors (Lipinski definition) is 1. The standard InChI is InChI=1S/C7H19NSi/c1-6-7(2)9(5)8(3)4/h7,9H,6H2,1-5H3. The quantitative estimate of drug-likeness (QED) is 0.546. The predicted molar refractivity (Wildman–Crippen MR) is 46.4 cm³/mol. The van der Waals surface area contributed by atoms with E-state index in [0.29, 0.717) is 0 Å². The molecule has 0 spiro atoms. The molecule has 2 heteroatoms. The number of nitrogens with zero attached hydrogens (tertiary/aromatic N) is 1. The summed E-state index contributed by atoms with van der Waals surface area (Å²) < 4.78 is 2.41. The molecule has 0 fully saturated rings. The Kier molecular flexibility index (Phi) is 4.15. The summed E-state index contributed by atoms with van der Waals surface area (Å²) in [4.78, 5) is 0. The Balaban J connectivity index is 3.58. The van der Waals surface area contributed by atoms with Crippen molar-refractivity contribution in [2.75, 3.05) is 14.1 Å². The average molecular weight is 145 g/mol. The van der Waals surface area contributed by atoms with Gasteiger partial charge in [0, 0.05) is 0 Å². The van der Waals surface area contributed by atoms with Crippen LogP contribution in [0.2, 0.25) is 12.1 Å². The van der Waals surface area contributed by atoms with Gasteiger partial charge in [-0.05, 0) is 19.6 Å². The first-order valence-corrected chi connectivity index (χ1v) is 6.09. The monoisotopic (exact) mass is 145 g/mol. The van der Waals surface area contributed by atoms with Crippen molar-refractivity contribution in [1.82, 2.24) is 4.57 Å². The molecule has 0 aromatic heterocycles. The molecule has 0 aromatic carbocycles. The summed E-state index contributed by atoms with van der Waals surface area (Å²) in [6, 6.07) is 0. The van der Waals surface area contributed by atoms with Gasteiger partial charge >= 0.3 is 0 Å². The molecule has 0 bridgehead atoms. The Morgan fingerprint density at radius 3 is 2.00 bits per heavy atom. The third kappa shape index (κ3) is 3.01. The summed E-state index contributed by atoms with van der Waals surface area (Å²) in [7, 11) is 3.86. The lowest BCUT2D eigenvalue weighted by atomic mass is 10.4. The Morgan fingerprint density at radius 2 is 1.89 bits per heavy atom. The SMILES string of the molecule is CCC(C)[SiH](C)N(C)C.